The highest BCUT2D eigenvalue weighted by atomic mass is 13.7. The van der Waals surface area contributed by atoms with Crippen LogP contribution in [-0.4, -0.2) is 0 Å². The largest absolute Gasteiger partial charge is 0.103 e. The van der Waals surface area contributed by atoms with E-state index in [2.05, 4.69) is 27.0 Å². The molecule has 0 aromatic heterocycles. The lowest BCUT2D eigenvalue weighted by atomic mass is 10.3. The summed E-state index contributed by atoms with van der Waals surface area (Å²) in [5.74, 6) is 0. The van der Waals surface area contributed by atoms with E-state index in [9.17, 15) is 0 Å². The second-order valence-corrected chi connectivity index (χ2v) is 2.35. The molecule has 0 unspecified atom stereocenters. The lowest BCUT2D eigenvalue weighted by Gasteiger charge is -1.78. The summed E-state index contributed by atoms with van der Waals surface area (Å²) in [5, 5.41) is 0. The van der Waals surface area contributed by atoms with Gasteiger partial charge < -0.3 is 0 Å². The van der Waals surface area contributed by atoms with Crippen molar-refractivity contribution in [1.82, 2.24) is 0 Å². The highest BCUT2D eigenvalue weighted by Crippen LogP contribution is 1.88. The number of rotatable bonds is 1. The van der Waals surface area contributed by atoms with Gasteiger partial charge in [0, 0.05) is 0 Å². The topological polar surface area (TPSA) is 0 Å². The maximum absolute atomic E-state index is 3.56. The quantitative estimate of drug-likeness (QED) is 0.342. The van der Waals surface area contributed by atoms with Crippen LogP contribution in [0.3, 0.4) is 0 Å². The monoisotopic (exact) mass is 228 g/mol. The Labute approximate surface area is 106 Å². The molecule has 100 valence electrons. The predicted molar refractivity (Wildman–Crippen MR) is 84.2 cm³/mol. The molecule has 0 fully saturated rings. The van der Waals surface area contributed by atoms with Gasteiger partial charge in [-0.15, -0.1) is 6.58 Å². The molecule has 0 saturated carbocycles. The van der Waals surface area contributed by atoms with Gasteiger partial charge in [0.05, 0.1) is 0 Å². The highest BCUT2D eigenvalue weighted by molar-refractivity contribution is 5.10. The van der Waals surface area contributed by atoms with Crippen molar-refractivity contribution in [1.29, 1.82) is 0 Å². The molecule has 0 heterocycles. The molecule has 0 aliphatic heterocycles. The van der Waals surface area contributed by atoms with Crippen molar-refractivity contribution in [2.45, 2.75) is 68.7 Å². The lowest BCUT2D eigenvalue weighted by molar-refractivity contribution is 1.09. The fraction of sp³-hybridized carbons (Fsp3) is 0.625. The van der Waals surface area contributed by atoms with Crippen LogP contribution in [-0.2, 0) is 0 Å². The van der Waals surface area contributed by atoms with Crippen molar-refractivity contribution in [3.05, 3.63) is 37.0 Å². The molecule has 0 atom stereocenters. The normalized spacial score (nSPS) is 6.94. The molecule has 16 heavy (non-hydrogen) atoms. The number of allylic oxidation sites excluding steroid dienone is 4. The molecule has 0 N–H and O–H groups in total. The van der Waals surface area contributed by atoms with Gasteiger partial charge in [-0.2, -0.15) is 0 Å². The van der Waals surface area contributed by atoms with Gasteiger partial charge in [-0.1, -0.05) is 78.3 Å². The summed E-state index contributed by atoms with van der Waals surface area (Å²) in [6.07, 6.45) is 6.85. The van der Waals surface area contributed by atoms with E-state index in [0.29, 0.717) is 0 Å². The van der Waals surface area contributed by atoms with Crippen LogP contribution >= 0.6 is 0 Å². The van der Waals surface area contributed by atoms with Gasteiger partial charge in [0.2, 0.25) is 0 Å². The summed E-state index contributed by atoms with van der Waals surface area (Å²) >= 11 is 0. The molecule has 0 radical (unpaired) electrons. The summed E-state index contributed by atoms with van der Waals surface area (Å²) < 4.78 is 0. The van der Waals surface area contributed by atoms with Crippen molar-refractivity contribution in [2.75, 3.05) is 0 Å². The van der Waals surface area contributed by atoms with Crippen molar-refractivity contribution in [2.24, 2.45) is 0 Å². The SMILES string of the molecule is C=C/C(C)=C\C.C=CC.CC.CC.CCC. The summed E-state index contributed by atoms with van der Waals surface area (Å²) in [6, 6.07) is 0. The Morgan fingerprint density at radius 3 is 1.12 bits per heavy atom. The van der Waals surface area contributed by atoms with E-state index in [0.717, 1.165) is 0 Å². The number of hydrogen-bond acceptors (Lipinski definition) is 0. The van der Waals surface area contributed by atoms with Crippen LogP contribution in [0.25, 0.3) is 0 Å². The van der Waals surface area contributed by atoms with Crippen molar-refractivity contribution >= 4 is 0 Å². The van der Waals surface area contributed by atoms with Gasteiger partial charge in [-0.3, -0.25) is 0 Å². The molecule has 0 amide bonds. The van der Waals surface area contributed by atoms with Crippen LogP contribution in [0.5, 0.6) is 0 Å². The van der Waals surface area contributed by atoms with Crippen LogP contribution in [0.4, 0.5) is 0 Å². The van der Waals surface area contributed by atoms with E-state index in [1.54, 1.807) is 6.08 Å². The average molecular weight is 228 g/mol. The zero-order chi connectivity index (χ0) is 14.4. The van der Waals surface area contributed by atoms with Crippen LogP contribution < -0.4 is 0 Å². The molecule has 0 rings (SSSR count). The van der Waals surface area contributed by atoms with E-state index >= 15 is 0 Å². The molecular weight excluding hydrogens is 192 g/mol. The molecule has 0 saturated heterocycles. The minimum Gasteiger partial charge on any atom is -0.103 e. The molecule has 0 aliphatic carbocycles. The maximum atomic E-state index is 3.56. The van der Waals surface area contributed by atoms with Gasteiger partial charge in [0.25, 0.3) is 0 Å². The second kappa shape index (κ2) is 64.2. The molecule has 0 aromatic carbocycles. The minimum absolute atomic E-state index is 1.23. The molecule has 0 bridgehead atoms. The van der Waals surface area contributed by atoms with Crippen LogP contribution in [0.15, 0.2) is 37.0 Å². The third-order valence-corrected chi connectivity index (χ3v) is 0.777. The first kappa shape index (κ1) is 29.5. The Bertz CT molecular complexity index is 107. The fourth-order valence-electron chi connectivity index (χ4n) is 0.118. The lowest BCUT2D eigenvalue weighted by Crippen LogP contribution is -1.57. The Kier molecular flexibility index (Phi) is 118. The molecule has 0 aromatic rings. The van der Waals surface area contributed by atoms with Crippen molar-refractivity contribution in [3.8, 4) is 0 Å². The van der Waals surface area contributed by atoms with Gasteiger partial charge in [-0.05, 0) is 20.8 Å². The van der Waals surface area contributed by atoms with Crippen LogP contribution in [0.1, 0.15) is 68.7 Å². The van der Waals surface area contributed by atoms with Gasteiger partial charge in [0.1, 0.15) is 0 Å². The summed E-state index contributed by atoms with van der Waals surface area (Å²) in [5.41, 5.74) is 1.23. The third-order valence-electron chi connectivity index (χ3n) is 0.777. The fourth-order valence-corrected chi connectivity index (χ4v) is 0.118. The Morgan fingerprint density at radius 2 is 1.12 bits per heavy atom. The first-order valence-electron chi connectivity index (χ1n) is 6.46. The Morgan fingerprint density at radius 1 is 0.938 bits per heavy atom. The molecule has 0 aliphatic rings. The Balaban J connectivity index is -0.0000000349. The predicted octanol–water partition coefficient (Wildman–Crippen LogP) is 6.80. The van der Waals surface area contributed by atoms with E-state index in [1.807, 2.05) is 60.6 Å². The van der Waals surface area contributed by atoms with Crippen molar-refractivity contribution < 1.29 is 0 Å². The first-order chi connectivity index (χ1) is 7.64. The number of hydrogen-bond donors (Lipinski definition) is 0. The van der Waals surface area contributed by atoms with Gasteiger partial charge in [0.15, 0.2) is 0 Å². The summed E-state index contributed by atoms with van der Waals surface area (Å²) in [4.78, 5) is 0. The summed E-state index contributed by atoms with van der Waals surface area (Å²) in [7, 11) is 0. The highest BCUT2D eigenvalue weighted by Gasteiger charge is 1.66. The molecule has 0 nitrogen and oxygen atoms in total. The van der Waals surface area contributed by atoms with E-state index in [1.165, 1.54) is 12.0 Å². The average Bonchev–Trinajstić information content (AvgIpc) is 2.35. The second-order valence-electron chi connectivity index (χ2n) is 2.35. The smallest absolute Gasteiger partial charge is 0.0401 e. The summed E-state index contributed by atoms with van der Waals surface area (Å²) in [6.45, 7) is 25.1. The van der Waals surface area contributed by atoms with Crippen LogP contribution in [0, 0.1) is 0 Å². The van der Waals surface area contributed by atoms with Gasteiger partial charge >= 0.3 is 0 Å². The minimum atomic E-state index is 1.23. The zero-order valence-corrected chi connectivity index (χ0v) is 13.4. The van der Waals surface area contributed by atoms with Crippen molar-refractivity contribution in [3.63, 3.8) is 0 Å². The van der Waals surface area contributed by atoms with E-state index in [4.69, 9.17) is 0 Å². The van der Waals surface area contributed by atoms with Gasteiger partial charge in [-0.25, -0.2) is 0 Å². The molecule has 0 spiro atoms. The first-order valence-corrected chi connectivity index (χ1v) is 6.46. The molecule has 0 heteroatoms. The van der Waals surface area contributed by atoms with E-state index in [-0.39, 0.29) is 0 Å². The zero-order valence-electron chi connectivity index (χ0n) is 13.4. The Hall–Kier alpha value is -0.780. The standard InChI is InChI=1S/C6H10.C3H8.C3H6.2C2H6/c1-4-6(3)5-2;2*1-3-2;2*1-2/h4-5H,1H2,2-3H3;3H2,1-2H3;3H,1H2,2H3;2*1-2H3/b6-5-;;;;. The van der Waals surface area contributed by atoms with Crippen LogP contribution in [0.2, 0.25) is 0 Å². The third kappa shape index (κ3) is 190. The molecular formula is C16H36. The van der Waals surface area contributed by atoms with E-state index < -0.39 is 0 Å². The maximum Gasteiger partial charge on any atom is -0.0401 e.